The minimum atomic E-state index is -4.12. The largest absolute Gasteiger partial charge is 0.479 e. The molecule has 0 saturated carbocycles. The van der Waals surface area contributed by atoms with E-state index in [9.17, 15) is 18.0 Å². The first-order chi connectivity index (χ1) is 17.2. The standard InChI is InChI=1S/C25H20ClN3O6S/c26-16-6-9-21-15(12-16)13-22(29(21)36(32,33)18-4-2-1-3-5-18)24(30)28-20-8-7-17(14-19(20)27)35-23-10-11-34-25(23)31/h1-9,12-14,23H,10-11,27H2,(H,28,30). The summed E-state index contributed by atoms with van der Waals surface area (Å²) in [6, 6.07) is 18.5. The highest BCUT2D eigenvalue weighted by Crippen LogP contribution is 2.30. The van der Waals surface area contributed by atoms with E-state index < -0.39 is 28.0 Å². The number of ether oxygens (including phenoxy) is 2. The van der Waals surface area contributed by atoms with Gasteiger partial charge in [0.2, 0.25) is 0 Å². The lowest BCUT2D eigenvalue weighted by Crippen LogP contribution is -2.23. The van der Waals surface area contributed by atoms with Crippen molar-refractivity contribution in [2.24, 2.45) is 0 Å². The van der Waals surface area contributed by atoms with Crippen molar-refractivity contribution in [3.05, 3.63) is 83.5 Å². The summed E-state index contributed by atoms with van der Waals surface area (Å²) in [5.74, 6) is -0.801. The average molecular weight is 526 g/mol. The molecule has 1 aliphatic heterocycles. The van der Waals surface area contributed by atoms with Gasteiger partial charge in [-0.15, -0.1) is 0 Å². The third-order valence-electron chi connectivity index (χ3n) is 5.67. The van der Waals surface area contributed by atoms with E-state index in [1.807, 2.05) is 0 Å². The van der Waals surface area contributed by atoms with Gasteiger partial charge in [-0.25, -0.2) is 17.2 Å². The van der Waals surface area contributed by atoms with Crippen LogP contribution >= 0.6 is 11.6 Å². The van der Waals surface area contributed by atoms with Crippen molar-refractivity contribution in [2.75, 3.05) is 17.7 Å². The molecule has 1 fully saturated rings. The van der Waals surface area contributed by atoms with Crippen LogP contribution in [0, 0.1) is 0 Å². The smallest absolute Gasteiger partial charge is 0.347 e. The minimum absolute atomic E-state index is 0.0259. The molecule has 1 atom stereocenters. The molecule has 11 heteroatoms. The van der Waals surface area contributed by atoms with Crippen LogP contribution in [-0.4, -0.2) is 37.0 Å². The van der Waals surface area contributed by atoms with Gasteiger partial charge in [0.05, 0.1) is 28.4 Å². The van der Waals surface area contributed by atoms with Crippen LogP contribution in [0.15, 0.2) is 77.7 Å². The lowest BCUT2D eigenvalue weighted by molar-refractivity contribution is -0.143. The number of rotatable bonds is 6. The molecule has 1 saturated heterocycles. The number of nitrogens with one attached hydrogen (secondary N) is 1. The number of anilines is 2. The molecule has 0 spiro atoms. The van der Waals surface area contributed by atoms with Crippen LogP contribution in [0.5, 0.6) is 5.75 Å². The molecular formula is C25H20ClN3O6S. The fourth-order valence-corrected chi connectivity index (χ4v) is 5.65. The van der Waals surface area contributed by atoms with Gasteiger partial charge in [0.1, 0.15) is 11.4 Å². The average Bonchev–Trinajstić information content (AvgIpc) is 3.44. The maximum atomic E-state index is 13.5. The molecule has 36 heavy (non-hydrogen) atoms. The Bertz CT molecular complexity index is 1600. The summed E-state index contributed by atoms with van der Waals surface area (Å²) in [5, 5.41) is 3.54. The molecule has 1 unspecified atom stereocenters. The molecule has 3 N–H and O–H groups in total. The zero-order chi connectivity index (χ0) is 25.4. The molecule has 0 bridgehead atoms. The summed E-state index contributed by atoms with van der Waals surface area (Å²) >= 11 is 6.11. The zero-order valence-corrected chi connectivity index (χ0v) is 20.3. The second kappa shape index (κ2) is 9.21. The van der Waals surface area contributed by atoms with Crippen molar-refractivity contribution in [2.45, 2.75) is 17.4 Å². The second-order valence-electron chi connectivity index (χ2n) is 8.08. The van der Waals surface area contributed by atoms with Crippen LogP contribution in [-0.2, 0) is 19.6 Å². The van der Waals surface area contributed by atoms with E-state index in [0.29, 0.717) is 28.1 Å². The van der Waals surface area contributed by atoms with Crippen LogP contribution < -0.4 is 15.8 Å². The fourth-order valence-electron chi connectivity index (χ4n) is 3.94. The molecule has 1 amide bonds. The Hall–Kier alpha value is -4.02. The van der Waals surface area contributed by atoms with Crippen LogP contribution in [0.25, 0.3) is 10.9 Å². The number of hydrogen-bond acceptors (Lipinski definition) is 7. The predicted molar refractivity (Wildman–Crippen MR) is 135 cm³/mol. The monoisotopic (exact) mass is 525 g/mol. The summed E-state index contributed by atoms with van der Waals surface area (Å²) in [6.07, 6.45) is -0.280. The summed E-state index contributed by atoms with van der Waals surface area (Å²) in [7, 11) is -4.12. The van der Waals surface area contributed by atoms with Crippen LogP contribution in [0.1, 0.15) is 16.9 Å². The Balaban J connectivity index is 1.50. The van der Waals surface area contributed by atoms with Gasteiger partial charge in [-0.3, -0.25) is 4.79 Å². The van der Waals surface area contributed by atoms with Gasteiger partial charge in [0.25, 0.3) is 15.9 Å². The molecule has 184 valence electrons. The molecule has 3 aromatic carbocycles. The van der Waals surface area contributed by atoms with Crippen molar-refractivity contribution in [3.63, 3.8) is 0 Å². The van der Waals surface area contributed by atoms with Gasteiger partial charge in [-0.1, -0.05) is 29.8 Å². The molecule has 1 aliphatic rings. The first-order valence-corrected chi connectivity index (χ1v) is 12.7. The molecule has 1 aromatic heterocycles. The molecule has 9 nitrogen and oxygen atoms in total. The summed E-state index contributed by atoms with van der Waals surface area (Å²) in [4.78, 5) is 25.0. The summed E-state index contributed by atoms with van der Waals surface area (Å²) in [6.45, 7) is 0.290. The van der Waals surface area contributed by atoms with Crippen LogP contribution in [0.3, 0.4) is 0 Å². The van der Waals surface area contributed by atoms with E-state index in [0.717, 1.165) is 3.97 Å². The van der Waals surface area contributed by atoms with Crippen LogP contribution in [0.2, 0.25) is 5.02 Å². The number of hydrogen-bond donors (Lipinski definition) is 2. The number of nitrogen functional groups attached to an aromatic ring is 1. The Morgan fingerprint density at radius 1 is 1.08 bits per heavy atom. The number of cyclic esters (lactones) is 1. The number of nitrogens with zero attached hydrogens (tertiary/aromatic N) is 1. The maximum Gasteiger partial charge on any atom is 0.347 e. The van der Waals surface area contributed by atoms with Gasteiger partial charge in [0, 0.05) is 22.9 Å². The van der Waals surface area contributed by atoms with Crippen molar-refractivity contribution in [1.29, 1.82) is 0 Å². The lowest BCUT2D eigenvalue weighted by atomic mass is 10.2. The van der Waals surface area contributed by atoms with Crippen molar-refractivity contribution in [3.8, 4) is 5.75 Å². The number of aromatic nitrogens is 1. The summed E-state index contributed by atoms with van der Waals surface area (Å²) in [5.41, 5.74) is 6.71. The molecule has 2 heterocycles. The quantitative estimate of drug-likeness (QED) is 0.287. The second-order valence-corrected chi connectivity index (χ2v) is 10.3. The Labute approximate surface area is 211 Å². The highest BCUT2D eigenvalue weighted by molar-refractivity contribution is 7.90. The SMILES string of the molecule is Nc1cc(OC2CCOC2=O)ccc1NC(=O)c1cc2cc(Cl)ccc2n1S(=O)(=O)c1ccccc1. The predicted octanol–water partition coefficient (Wildman–Crippen LogP) is 4.06. The van der Waals surface area contributed by atoms with Crippen LogP contribution in [0.4, 0.5) is 11.4 Å². The van der Waals surface area contributed by atoms with Gasteiger partial charge >= 0.3 is 5.97 Å². The number of esters is 1. The van der Waals surface area contributed by atoms with E-state index in [1.165, 1.54) is 30.3 Å². The third-order valence-corrected chi connectivity index (χ3v) is 7.65. The number of benzene rings is 3. The molecule has 0 aliphatic carbocycles. The van der Waals surface area contributed by atoms with Crippen molar-refractivity contribution < 1.29 is 27.5 Å². The lowest BCUT2D eigenvalue weighted by Gasteiger charge is -2.14. The normalized spacial score (nSPS) is 15.6. The number of amides is 1. The Morgan fingerprint density at radius 2 is 1.86 bits per heavy atom. The van der Waals surface area contributed by atoms with E-state index >= 15 is 0 Å². The first-order valence-electron chi connectivity index (χ1n) is 10.9. The van der Waals surface area contributed by atoms with E-state index in [2.05, 4.69) is 5.32 Å². The summed E-state index contributed by atoms with van der Waals surface area (Å²) < 4.78 is 38.6. The topological polar surface area (TPSA) is 130 Å². The molecular weight excluding hydrogens is 506 g/mol. The highest BCUT2D eigenvalue weighted by Gasteiger charge is 2.29. The van der Waals surface area contributed by atoms with E-state index in [-0.39, 0.29) is 28.6 Å². The Morgan fingerprint density at radius 3 is 2.56 bits per heavy atom. The van der Waals surface area contributed by atoms with Gasteiger partial charge < -0.3 is 20.5 Å². The number of carbonyl (C=O) groups is 2. The van der Waals surface area contributed by atoms with Gasteiger partial charge in [0.15, 0.2) is 6.10 Å². The highest BCUT2D eigenvalue weighted by atomic mass is 35.5. The molecule has 0 radical (unpaired) electrons. The van der Waals surface area contributed by atoms with E-state index in [1.54, 1.807) is 42.5 Å². The molecule has 5 rings (SSSR count). The zero-order valence-electron chi connectivity index (χ0n) is 18.7. The number of carbonyl (C=O) groups excluding carboxylic acids is 2. The Kier molecular flexibility index (Phi) is 6.07. The third kappa shape index (κ3) is 4.36. The maximum absolute atomic E-state index is 13.5. The first kappa shape index (κ1) is 23.7. The number of halogens is 1. The fraction of sp³-hybridized carbons (Fsp3) is 0.120. The minimum Gasteiger partial charge on any atom is -0.479 e. The number of fused-ring (bicyclic) bond motifs is 1. The molecule has 4 aromatic rings. The van der Waals surface area contributed by atoms with Gasteiger partial charge in [-0.2, -0.15) is 0 Å². The van der Waals surface area contributed by atoms with Crippen molar-refractivity contribution >= 4 is 55.8 Å². The van der Waals surface area contributed by atoms with Crippen molar-refractivity contribution in [1.82, 2.24) is 3.97 Å². The van der Waals surface area contributed by atoms with Gasteiger partial charge in [-0.05, 0) is 48.5 Å². The van der Waals surface area contributed by atoms with E-state index in [4.69, 9.17) is 26.8 Å². The number of nitrogens with two attached hydrogens (primary N) is 1.